The van der Waals surface area contributed by atoms with Crippen LogP contribution in [0.5, 0.6) is 0 Å². The predicted octanol–water partition coefficient (Wildman–Crippen LogP) is 6.10. The van der Waals surface area contributed by atoms with Crippen molar-refractivity contribution in [3.05, 3.63) is 65.0 Å². The van der Waals surface area contributed by atoms with Gasteiger partial charge in [0.2, 0.25) is 11.8 Å². The zero-order chi connectivity index (χ0) is 24.4. The van der Waals surface area contributed by atoms with Gasteiger partial charge >= 0.3 is 4.84 Å². The molecule has 0 aliphatic carbocycles. The Morgan fingerprint density at radius 1 is 1.11 bits per heavy atom. The van der Waals surface area contributed by atoms with E-state index in [9.17, 15) is 9.59 Å². The van der Waals surface area contributed by atoms with E-state index in [2.05, 4.69) is 34.2 Å². The molecule has 35 heavy (non-hydrogen) atoms. The normalized spacial score (nSPS) is 13.1. The molecule has 0 spiro atoms. The maximum atomic E-state index is 13.4. The number of hydrogen-bond acceptors (Lipinski definition) is 5. The van der Waals surface area contributed by atoms with Crippen LogP contribution in [0.4, 0.5) is 17.1 Å². The molecule has 1 aliphatic heterocycles. The van der Waals surface area contributed by atoms with Crippen molar-refractivity contribution in [2.24, 2.45) is 0 Å². The van der Waals surface area contributed by atoms with Gasteiger partial charge in [-0.3, -0.25) is 14.5 Å². The maximum Gasteiger partial charge on any atom is 0.314 e. The first-order chi connectivity index (χ1) is 17.0. The molecule has 1 aliphatic rings. The van der Waals surface area contributed by atoms with Gasteiger partial charge in [-0.25, -0.2) is 5.16 Å². The Balaban J connectivity index is 1.72. The molecule has 1 aromatic heterocycles. The molecule has 2 amide bonds. The Bertz CT molecular complexity index is 1570. The molecular weight excluding hydrogens is 460 g/mol. The molecule has 0 fully saturated rings. The van der Waals surface area contributed by atoms with E-state index in [1.54, 1.807) is 4.90 Å². The highest BCUT2D eigenvalue weighted by Gasteiger charge is 2.30. The highest BCUT2D eigenvalue weighted by atomic mass is 32.1. The zero-order valence-corrected chi connectivity index (χ0v) is 19.9. The van der Waals surface area contributed by atoms with Crippen molar-refractivity contribution < 1.29 is 14.1 Å². The molecule has 0 saturated heterocycles. The number of amides is 2. The van der Waals surface area contributed by atoms with Crippen LogP contribution in [0.2, 0.25) is 0 Å². The number of rotatable bonds is 4. The largest absolute Gasteiger partial charge is 0.348 e. The highest BCUT2D eigenvalue weighted by Crippen LogP contribution is 2.42. The second-order valence-corrected chi connectivity index (χ2v) is 8.55. The van der Waals surface area contributed by atoms with Crippen molar-refractivity contribution in [1.82, 2.24) is 10.1 Å². The number of carbonyl (C=O) groups is 2. The van der Waals surface area contributed by atoms with Gasteiger partial charge in [-0.15, -0.1) is 0 Å². The molecule has 5 rings (SSSR count). The van der Waals surface area contributed by atoms with E-state index in [0.29, 0.717) is 28.5 Å². The standard InChI is InChI=1S/C27H22N4O3S/c1-2-3-4-5-9-17-15-22-25(21-13-7-6-12-20(17)21)28-23(32)16-24(33)31(22)19-11-8-10-18(14-19)26-29-27(35)34-30-26/h6-8,10-15H,2-4,16H2,1H3,(H,28,32)(H,29,30,35). The average Bonchev–Trinajstić information content (AvgIpc) is 3.25. The van der Waals surface area contributed by atoms with Crippen LogP contribution in [0.3, 0.4) is 0 Å². The lowest BCUT2D eigenvalue weighted by molar-refractivity contribution is -0.124. The molecule has 2 N–H and O–H groups in total. The molecule has 8 heteroatoms. The number of hydrogen-bond donors (Lipinski definition) is 2. The summed E-state index contributed by atoms with van der Waals surface area (Å²) in [4.78, 5) is 31.9. The van der Waals surface area contributed by atoms with Gasteiger partial charge in [-0.2, -0.15) is 4.98 Å². The minimum absolute atomic E-state index is 0.0918. The molecular formula is C27H22N4O3S. The summed E-state index contributed by atoms with van der Waals surface area (Å²) in [6, 6.07) is 16.9. The maximum absolute atomic E-state index is 13.4. The molecule has 0 radical (unpaired) electrons. The number of carbonyl (C=O) groups excluding carboxylic acids is 2. The summed E-state index contributed by atoms with van der Waals surface area (Å²) in [5.41, 5.74) is 3.25. The average molecular weight is 483 g/mol. The number of benzene rings is 3. The third-order valence-electron chi connectivity index (χ3n) is 5.78. The Morgan fingerprint density at radius 2 is 1.94 bits per heavy atom. The van der Waals surface area contributed by atoms with Crippen LogP contribution in [-0.4, -0.2) is 22.0 Å². The summed E-state index contributed by atoms with van der Waals surface area (Å²) in [6.45, 7) is 2.13. The van der Waals surface area contributed by atoms with E-state index in [1.807, 2.05) is 54.6 Å². The number of nitrogens with zero attached hydrogens (tertiary/aromatic N) is 2. The molecule has 3 aromatic carbocycles. The van der Waals surface area contributed by atoms with Crippen LogP contribution in [-0.2, 0) is 9.59 Å². The lowest BCUT2D eigenvalue weighted by atomic mass is 10.00. The van der Waals surface area contributed by atoms with Gasteiger partial charge < -0.3 is 9.84 Å². The lowest BCUT2D eigenvalue weighted by Gasteiger charge is -2.24. The fraction of sp³-hybridized carbons (Fsp3) is 0.185. The zero-order valence-electron chi connectivity index (χ0n) is 19.1. The van der Waals surface area contributed by atoms with Crippen molar-refractivity contribution in [2.75, 3.05) is 10.2 Å². The fourth-order valence-corrected chi connectivity index (χ4v) is 4.29. The van der Waals surface area contributed by atoms with Crippen molar-refractivity contribution in [3.8, 4) is 23.2 Å². The van der Waals surface area contributed by atoms with E-state index < -0.39 is 0 Å². The van der Waals surface area contributed by atoms with Gasteiger partial charge in [0.05, 0.1) is 11.4 Å². The second kappa shape index (κ2) is 9.57. The lowest BCUT2D eigenvalue weighted by Crippen LogP contribution is -2.26. The monoisotopic (exact) mass is 482 g/mol. The second-order valence-electron chi connectivity index (χ2n) is 8.20. The topological polar surface area (TPSA) is 91.2 Å². The number of aromatic amines is 1. The number of aromatic nitrogens is 2. The first-order valence-corrected chi connectivity index (χ1v) is 11.8. The Morgan fingerprint density at radius 3 is 2.71 bits per heavy atom. The van der Waals surface area contributed by atoms with E-state index in [-0.39, 0.29) is 23.1 Å². The molecule has 7 nitrogen and oxygen atoms in total. The van der Waals surface area contributed by atoms with Crippen LogP contribution < -0.4 is 10.2 Å². The van der Waals surface area contributed by atoms with Crippen LogP contribution >= 0.6 is 12.2 Å². The van der Waals surface area contributed by atoms with E-state index in [4.69, 9.17) is 16.7 Å². The third kappa shape index (κ3) is 4.46. The van der Waals surface area contributed by atoms with Crippen molar-refractivity contribution in [3.63, 3.8) is 0 Å². The number of nitrogens with one attached hydrogen (secondary N) is 2. The summed E-state index contributed by atoms with van der Waals surface area (Å²) in [7, 11) is 0. The number of H-pyrrole nitrogens is 1. The Hall–Kier alpha value is -4.22. The smallest absolute Gasteiger partial charge is 0.314 e. The van der Waals surface area contributed by atoms with Crippen molar-refractivity contribution >= 4 is 51.9 Å². The number of unbranched alkanes of at least 4 members (excludes halogenated alkanes) is 2. The molecule has 2 heterocycles. The minimum atomic E-state index is -0.359. The quantitative estimate of drug-likeness (QED) is 0.159. The highest BCUT2D eigenvalue weighted by molar-refractivity contribution is 7.71. The van der Waals surface area contributed by atoms with E-state index >= 15 is 0 Å². The van der Waals surface area contributed by atoms with Gasteiger partial charge in [-0.05, 0) is 42.2 Å². The molecule has 0 bridgehead atoms. The summed E-state index contributed by atoms with van der Waals surface area (Å²) < 4.78 is 5.06. The fourth-order valence-electron chi connectivity index (χ4n) is 4.16. The summed E-state index contributed by atoms with van der Waals surface area (Å²) in [5, 5.41) is 7.39. The Kier molecular flexibility index (Phi) is 6.17. The van der Waals surface area contributed by atoms with Crippen LogP contribution in [0.15, 0.2) is 59.1 Å². The minimum Gasteiger partial charge on any atom is -0.348 e. The van der Waals surface area contributed by atoms with Crippen molar-refractivity contribution in [1.29, 1.82) is 0 Å². The van der Waals surface area contributed by atoms with Gasteiger partial charge in [0, 0.05) is 28.6 Å². The Labute approximate surface area is 207 Å². The van der Waals surface area contributed by atoms with Crippen LogP contribution in [0.1, 0.15) is 38.2 Å². The van der Waals surface area contributed by atoms with Crippen molar-refractivity contribution in [2.45, 2.75) is 32.6 Å². The SMILES string of the molecule is CCCCC#Cc1cc2c(c3ccccc13)NC(=O)CC(=O)N2c1cccc(-c2nc(=S)o[nH]2)c1. The predicted molar refractivity (Wildman–Crippen MR) is 138 cm³/mol. The van der Waals surface area contributed by atoms with Crippen LogP contribution in [0.25, 0.3) is 22.2 Å². The van der Waals surface area contributed by atoms with Gasteiger partial charge in [0.25, 0.3) is 0 Å². The van der Waals surface area contributed by atoms with E-state index in [1.165, 1.54) is 0 Å². The molecule has 0 saturated carbocycles. The van der Waals surface area contributed by atoms with E-state index in [0.717, 1.165) is 35.6 Å². The third-order valence-corrected chi connectivity index (χ3v) is 5.96. The van der Waals surface area contributed by atoms with Gasteiger partial charge in [0.1, 0.15) is 6.42 Å². The summed E-state index contributed by atoms with van der Waals surface area (Å²) >= 11 is 4.97. The van der Waals surface area contributed by atoms with Gasteiger partial charge in [0.15, 0.2) is 5.82 Å². The molecule has 0 atom stereocenters. The number of fused-ring (bicyclic) bond motifs is 3. The van der Waals surface area contributed by atoms with Gasteiger partial charge in [-0.1, -0.05) is 61.6 Å². The van der Waals surface area contributed by atoms with Crippen LogP contribution in [0, 0.1) is 16.7 Å². The molecule has 0 unspecified atom stereocenters. The first kappa shape index (κ1) is 22.6. The first-order valence-electron chi connectivity index (χ1n) is 11.4. The molecule has 174 valence electrons. The molecule has 4 aromatic rings. The summed E-state index contributed by atoms with van der Waals surface area (Å²) in [6.07, 6.45) is 2.61. The summed E-state index contributed by atoms with van der Waals surface area (Å²) in [5.74, 6) is 6.30. The number of anilines is 3.